The van der Waals surface area contributed by atoms with Crippen molar-refractivity contribution in [2.75, 3.05) is 26.4 Å². The summed E-state index contributed by atoms with van der Waals surface area (Å²) in [7, 11) is 0. The number of nitrogens with one attached hydrogen (secondary N) is 1. The lowest BCUT2D eigenvalue weighted by atomic mass is 10.1. The summed E-state index contributed by atoms with van der Waals surface area (Å²) in [6, 6.07) is 0. The molecule has 0 aliphatic carbocycles. The number of unbranched alkanes of at least 4 members (excludes halogenated alkanes) is 11. The number of ether oxygens (including phenoxy) is 2. The van der Waals surface area contributed by atoms with Crippen molar-refractivity contribution >= 4 is 17.8 Å². The average molecular weight is 468 g/mol. The van der Waals surface area contributed by atoms with Gasteiger partial charge in [0.15, 0.2) is 0 Å². The maximum Gasteiger partial charge on any atom is 0.331 e. The second-order valence-corrected chi connectivity index (χ2v) is 8.14. The van der Waals surface area contributed by atoms with E-state index in [1.807, 2.05) is 0 Å². The van der Waals surface area contributed by atoms with E-state index in [9.17, 15) is 14.4 Å². The van der Waals surface area contributed by atoms with Crippen molar-refractivity contribution in [2.24, 2.45) is 0 Å². The van der Waals surface area contributed by atoms with E-state index in [-0.39, 0.29) is 19.1 Å². The van der Waals surface area contributed by atoms with E-state index < -0.39 is 11.9 Å². The van der Waals surface area contributed by atoms with Gasteiger partial charge in [0.2, 0.25) is 5.91 Å². The minimum absolute atomic E-state index is 0.0291. The summed E-state index contributed by atoms with van der Waals surface area (Å²) in [5.74, 6) is -1.91. The lowest BCUT2D eigenvalue weighted by molar-refractivity contribution is -0.140. The molecule has 0 spiro atoms. The van der Waals surface area contributed by atoms with E-state index in [1.165, 1.54) is 64.2 Å². The summed E-state index contributed by atoms with van der Waals surface area (Å²) >= 11 is 0. The number of aliphatic carboxylic acids is 1. The number of hydrogen-bond donors (Lipinski definition) is 2. The molecule has 0 aliphatic rings. The van der Waals surface area contributed by atoms with Gasteiger partial charge in [-0.05, 0) is 32.1 Å². The molecule has 7 nitrogen and oxygen atoms in total. The normalized spacial score (nSPS) is 11.3. The molecule has 0 aromatic heterocycles. The number of carboxylic acids is 1. The van der Waals surface area contributed by atoms with Crippen molar-refractivity contribution in [2.45, 2.75) is 96.8 Å². The summed E-state index contributed by atoms with van der Waals surface area (Å²) in [6.07, 6.45) is 22.8. The zero-order valence-corrected chi connectivity index (χ0v) is 20.5. The van der Waals surface area contributed by atoms with Crippen LogP contribution >= 0.6 is 0 Å². The molecule has 0 saturated carbocycles. The summed E-state index contributed by atoms with van der Waals surface area (Å²) in [6.45, 7) is 3.22. The Bertz CT molecular complexity index is 559. The molecule has 0 unspecified atom stereocenters. The molecule has 7 heteroatoms. The fourth-order valence-electron chi connectivity index (χ4n) is 3.20. The van der Waals surface area contributed by atoms with Crippen molar-refractivity contribution in [1.82, 2.24) is 5.32 Å². The van der Waals surface area contributed by atoms with Crippen LogP contribution in [0.25, 0.3) is 0 Å². The highest BCUT2D eigenvalue weighted by atomic mass is 16.6. The quantitative estimate of drug-likeness (QED) is 0.0910. The number of carboxylic acid groups (broad SMARTS) is 1. The van der Waals surface area contributed by atoms with Crippen LogP contribution < -0.4 is 5.32 Å². The third-order valence-electron chi connectivity index (χ3n) is 5.07. The van der Waals surface area contributed by atoms with Gasteiger partial charge in [0.25, 0.3) is 0 Å². The first-order valence-electron chi connectivity index (χ1n) is 12.6. The largest absolute Gasteiger partial charge is 0.478 e. The van der Waals surface area contributed by atoms with Gasteiger partial charge in [-0.3, -0.25) is 4.79 Å². The molecule has 0 aromatic rings. The molecule has 2 N–H and O–H groups in total. The third-order valence-corrected chi connectivity index (χ3v) is 5.07. The predicted molar refractivity (Wildman–Crippen MR) is 131 cm³/mol. The van der Waals surface area contributed by atoms with E-state index in [4.69, 9.17) is 14.6 Å². The minimum atomic E-state index is -1.21. The van der Waals surface area contributed by atoms with E-state index >= 15 is 0 Å². The highest BCUT2D eigenvalue weighted by Gasteiger charge is 2.01. The van der Waals surface area contributed by atoms with E-state index in [0.717, 1.165) is 31.4 Å². The fraction of sp³-hybridized carbons (Fsp3) is 0.731. The summed E-state index contributed by atoms with van der Waals surface area (Å²) in [4.78, 5) is 33.2. The third kappa shape index (κ3) is 26.0. The van der Waals surface area contributed by atoms with Crippen LogP contribution in [0.1, 0.15) is 96.8 Å². The van der Waals surface area contributed by atoms with Gasteiger partial charge in [-0.15, -0.1) is 0 Å². The van der Waals surface area contributed by atoms with E-state index in [0.29, 0.717) is 19.6 Å². The Morgan fingerprint density at radius 3 is 2.00 bits per heavy atom. The molecule has 0 fully saturated rings. The van der Waals surface area contributed by atoms with Gasteiger partial charge in [-0.25, -0.2) is 9.59 Å². The summed E-state index contributed by atoms with van der Waals surface area (Å²) in [5, 5.41) is 11.2. The molecule has 33 heavy (non-hydrogen) atoms. The van der Waals surface area contributed by atoms with Gasteiger partial charge >= 0.3 is 11.9 Å². The Kier molecular flexibility index (Phi) is 22.9. The Hall–Kier alpha value is -2.15. The fourth-order valence-corrected chi connectivity index (χ4v) is 3.20. The van der Waals surface area contributed by atoms with Crippen LogP contribution in [0.2, 0.25) is 0 Å². The maximum atomic E-state index is 11.8. The first kappa shape index (κ1) is 30.9. The van der Waals surface area contributed by atoms with Gasteiger partial charge < -0.3 is 19.9 Å². The lowest BCUT2D eigenvalue weighted by Gasteiger charge is -2.07. The minimum Gasteiger partial charge on any atom is -0.478 e. The van der Waals surface area contributed by atoms with Crippen LogP contribution in [-0.4, -0.2) is 49.3 Å². The van der Waals surface area contributed by atoms with Crippen LogP contribution in [0.15, 0.2) is 24.3 Å². The standard InChI is InChI=1S/C26H45NO6/c1-2-3-4-5-6-7-8-9-10-11-12-13-14-15-16-17-24(28)27-20-21-32-22-23-33-26(31)19-18-25(29)30/h9-10,18-19H,2-8,11-17,20-23H2,1H3,(H,27,28)(H,29,30). The van der Waals surface area contributed by atoms with Crippen LogP contribution in [0.4, 0.5) is 0 Å². The molecule has 0 aromatic carbocycles. The molecule has 0 radical (unpaired) electrons. The van der Waals surface area contributed by atoms with Crippen LogP contribution in [0, 0.1) is 0 Å². The first-order chi connectivity index (χ1) is 16.1. The molecular weight excluding hydrogens is 422 g/mol. The van der Waals surface area contributed by atoms with Crippen molar-refractivity contribution in [3.05, 3.63) is 24.3 Å². The number of allylic oxidation sites excluding steroid dienone is 2. The average Bonchev–Trinajstić information content (AvgIpc) is 2.79. The van der Waals surface area contributed by atoms with Crippen LogP contribution in [0.3, 0.4) is 0 Å². The highest BCUT2D eigenvalue weighted by molar-refractivity contribution is 5.90. The molecule has 0 saturated heterocycles. The van der Waals surface area contributed by atoms with Gasteiger partial charge in [-0.1, -0.05) is 70.4 Å². The molecular formula is C26H45NO6. The second-order valence-electron chi connectivity index (χ2n) is 8.14. The molecule has 0 heterocycles. The zero-order valence-electron chi connectivity index (χ0n) is 20.5. The molecule has 0 aliphatic heterocycles. The Balaban J connectivity index is 3.33. The van der Waals surface area contributed by atoms with E-state index in [1.54, 1.807) is 0 Å². The molecule has 0 bridgehead atoms. The van der Waals surface area contributed by atoms with E-state index in [2.05, 4.69) is 24.4 Å². The molecule has 190 valence electrons. The van der Waals surface area contributed by atoms with Gasteiger partial charge in [-0.2, -0.15) is 0 Å². The summed E-state index contributed by atoms with van der Waals surface area (Å²) in [5.41, 5.74) is 0. The molecule has 1 amide bonds. The monoisotopic (exact) mass is 467 g/mol. The van der Waals surface area contributed by atoms with Crippen molar-refractivity contribution < 1.29 is 29.0 Å². The van der Waals surface area contributed by atoms with Gasteiger partial charge in [0.05, 0.1) is 13.2 Å². The Morgan fingerprint density at radius 2 is 1.36 bits per heavy atom. The second kappa shape index (κ2) is 24.5. The maximum absolute atomic E-state index is 11.8. The number of carbonyl (C=O) groups excluding carboxylic acids is 2. The van der Waals surface area contributed by atoms with Crippen LogP contribution in [-0.2, 0) is 23.9 Å². The van der Waals surface area contributed by atoms with Gasteiger partial charge in [0, 0.05) is 25.1 Å². The number of esters is 1. The van der Waals surface area contributed by atoms with Crippen molar-refractivity contribution in [3.63, 3.8) is 0 Å². The number of amides is 1. The lowest BCUT2D eigenvalue weighted by Crippen LogP contribution is -2.27. The van der Waals surface area contributed by atoms with Gasteiger partial charge in [0.1, 0.15) is 6.61 Å². The molecule has 0 rings (SSSR count). The highest BCUT2D eigenvalue weighted by Crippen LogP contribution is 2.09. The van der Waals surface area contributed by atoms with Crippen molar-refractivity contribution in [1.29, 1.82) is 0 Å². The Labute approximate surface area is 200 Å². The zero-order chi connectivity index (χ0) is 24.4. The SMILES string of the molecule is CCCCCCCCC=CCCCCCCCC(=O)NCCOCCOC(=O)C=CC(=O)O. The number of hydrogen-bond acceptors (Lipinski definition) is 5. The Morgan fingerprint density at radius 1 is 0.758 bits per heavy atom. The predicted octanol–water partition coefficient (Wildman–Crippen LogP) is 5.34. The first-order valence-corrected chi connectivity index (χ1v) is 12.6. The van der Waals surface area contributed by atoms with Crippen LogP contribution in [0.5, 0.6) is 0 Å². The number of rotatable bonds is 23. The smallest absolute Gasteiger partial charge is 0.331 e. The summed E-state index contributed by atoms with van der Waals surface area (Å²) < 4.78 is 10.0. The number of carbonyl (C=O) groups is 3. The topological polar surface area (TPSA) is 102 Å². The molecule has 0 atom stereocenters. The van der Waals surface area contributed by atoms with Crippen molar-refractivity contribution in [3.8, 4) is 0 Å².